The summed E-state index contributed by atoms with van der Waals surface area (Å²) in [5.74, 6) is -1.28. The van der Waals surface area contributed by atoms with Gasteiger partial charge in [-0.15, -0.1) is 0 Å². The summed E-state index contributed by atoms with van der Waals surface area (Å²) in [6, 6.07) is 13.3. The van der Waals surface area contributed by atoms with Gasteiger partial charge in [0.2, 0.25) is 0 Å². The number of rotatable bonds is 6. The third kappa shape index (κ3) is 4.34. The van der Waals surface area contributed by atoms with Gasteiger partial charge in [-0.05, 0) is 42.5 Å². The summed E-state index contributed by atoms with van der Waals surface area (Å²) in [5, 5.41) is 4.77. The fraction of sp³-hybridized carbons (Fsp3) is 0.136. The van der Waals surface area contributed by atoms with E-state index in [1.165, 1.54) is 42.7 Å². The Kier molecular flexibility index (Phi) is 5.43. The maximum atomic E-state index is 12.7. The Morgan fingerprint density at radius 3 is 2.34 bits per heavy atom. The lowest BCUT2D eigenvalue weighted by Crippen LogP contribution is -2.28. The van der Waals surface area contributed by atoms with Crippen LogP contribution in [0.2, 0.25) is 0 Å². The van der Waals surface area contributed by atoms with Crippen LogP contribution in [0.4, 0.5) is 24.5 Å². The first-order valence-corrected chi connectivity index (χ1v) is 9.46. The predicted molar refractivity (Wildman–Crippen MR) is 108 cm³/mol. The van der Waals surface area contributed by atoms with Gasteiger partial charge in [0.1, 0.15) is 12.3 Å². The molecule has 4 rings (SSSR count). The number of carbonyl (C=O) groups excluding carboxylic acids is 3. The number of amides is 3. The van der Waals surface area contributed by atoms with Crippen LogP contribution in [0.3, 0.4) is 0 Å². The summed E-state index contributed by atoms with van der Waals surface area (Å²) >= 11 is 0. The van der Waals surface area contributed by atoms with Gasteiger partial charge in [-0.3, -0.25) is 19.3 Å². The van der Waals surface area contributed by atoms with E-state index in [4.69, 9.17) is 4.42 Å². The van der Waals surface area contributed by atoms with Crippen LogP contribution in [-0.2, 0) is 6.54 Å². The quantitative estimate of drug-likeness (QED) is 0.555. The summed E-state index contributed by atoms with van der Waals surface area (Å²) in [4.78, 5) is 39.0. The van der Waals surface area contributed by atoms with Gasteiger partial charge in [-0.1, -0.05) is 12.1 Å². The Balaban J connectivity index is 1.52. The minimum Gasteiger partial charge on any atom is -0.467 e. The molecule has 0 unspecified atom stereocenters. The van der Waals surface area contributed by atoms with Gasteiger partial charge in [0.05, 0.1) is 35.3 Å². The van der Waals surface area contributed by atoms with Crippen LogP contribution in [0.15, 0.2) is 65.3 Å². The Labute approximate surface area is 179 Å². The van der Waals surface area contributed by atoms with Crippen molar-refractivity contribution in [2.24, 2.45) is 0 Å². The molecule has 0 radical (unpaired) electrons. The highest BCUT2D eigenvalue weighted by molar-refractivity contribution is 6.22. The van der Waals surface area contributed by atoms with Crippen molar-refractivity contribution in [3.63, 3.8) is 0 Å². The fourth-order valence-corrected chi connectivity index (χ4v) is 3.27. The highest BCUT2D eigenvalue weighted by Gasteiger charge is 2.36. The van der Waals surface area contributed by atoms with Crippen molar-refractivity contribution in [3.05, 3.63) is 83.3 Å². The molecule has 2 aromatic carbocycles. The normalized spacial score (nSPS) is 13.3. The zero-order valence-corrected chi connectivity index (χ0v) is 16.4. The third-order valence-corrected chi connectivity index (χ3v) is 4.78. The molecule has 0 saturated carbocycles. The Morgan fingerprint density at radius 1 is 0.938 bits per heavy atom. The monoisotopic (exact) mass is 443 g/mol. The maximum Gasteiger partial charge on any atom is 0.405 e. The maximum absolute atomic E-state index is 12.7. The number of nitrogens with one attached hydrogen (secondary N) is 2. The van der Waals surface area contributed by atoms with Crippen molar-refractivity contribution in [2.45, 2.75) is 12.7 Å². The van der Waals surface area contributed by atoms with Crippen molar-refractivity contribution in [3.8, 4) is 0 Å². The summed E-state index contributed by atoms with van der Waals surface area (Å²) in [7, 11) is 0. The lowest BCUT2D eigenvalue weighted by Gasteiger charge is -2.14. The second-order valence-corrected chi connectivity index (χ2v) is 7.00. The van der Waals surface area contributed by atoms with Crippen LogP contribution >= 0.6 is 0 Å². The fourth-order valence-electron chi connectivity index (χ4n) is 3.27. The van der Waals surface area contributed by atoms with Crippen LogP contribution < -0.4 is 10.6 Å². The molecular formula is C22H16F3N3O4. The number of furan rings is 1. The number of benzene rings is 2. The van der Waals surface area contributed by atoms with E-state index in [9.17, 15) is 27.6 Å². The molecule has 7 nitrogen and oxygen atoms in total. The molecule has 164 valence electrons. The number of alkyl halides is 3. The van der Waals surface area contributed by atoms with E-state index < -0.39 is 30.4 Å². The van der Waals surface area contributed by atoms with E-state index >= 15 is 0 Å². The molecule has 0 aliphatic carbocycles. The molecule has 0 saturated heterocycles. The van der Waals surface area contributed by atoms with Crippen LogP contribution in [0.25, 0.3) is 0 Å². The smallest absolute Gasteiger partial charge is 0.405 e. The summed E-state index contributed by atoms with van der Waals surface area (Å²) in [6.45, 7) is -1.31. The van der Waals surface area contributed by atoms with Crippen molar-refractivity contribution in [2.75, 3.05) is 17.2 Å². The summed E-state index contributed by atoms with van der Waals surface area (Å²) in [6.07, 6.45) is -3.00. The molecule has 0 fully saturated rings. The van der Waals surface area contributed by atoms with Crippen molar-refractivity contribution < 1.29 is 32.0 Å². The number of hydrogen-bond donors (Lipinski definition) is 2. The van der Waals surface area contributed by atoms with Gasteiger partial charge in [-0.2, -0.15) is 13.2 Å². The van der Waals surface area contributed by atoms with E-state index in [1.807, 2.05) is 0 Å². The van der Waals surface area contributed by atoms with Gasteiger partial charge >= 0.3 is 6.18 Å². The first-order valence-electron chi connectivity index (χ1n) is 9.46. The van der Waals surface area contributed by atoms with Crippen molar-refractivity contribution >= 4 is 29.1 Å². The average molecular weight is 443 g/mol. The molecule has 1 aliphatic rings. The molecule has 1 aromatic heterocycles. The SMILES string of the molecule is O=C(Nc1ccccc1NCC(F)(F)F)c1ccc2c(c1)C(=O)N(Cc1ccco1)C2=O. The number of imide groups is 1. The standard InChI is InChI=1S/C22H16F3N3O4/c23-22(24,25)12-26-17-5-1-2-6-18(17)27-19(29)13-7-8-15-16(10-13)21(31)28(20(15)30)11-14-4-3-9-32-14/h1-10,26H,11-12H2,(H,27,29). The molecular weight excluding hydrogens is 427 g/mol. The first-order chi connectivity index (χ1) is 15.2. The molecule has 2 heterocycles. The number of carbonyl (C=O) groups is 3. The van der Waals surface area contributed by atoms with Gasteiger partial charge in [0.25, 0.3) is 17.7 Å². The topological polar surface area (TPSA) is 91.7 Å². The largest absolute Gasteiger partial charge is 0.467 e. The molecule has 32 heavy (non-hydrogen) atoms. The minimum absolute atomic E-state index is 0.0425. The predicted octanol–water partition coefficient (Wildman–Crippen LogP) is 4.30. The minimum atomic E-state index is -4.43. The highest BCUT2D eigenvalue weighted by atomic mass is 19.4. The summed E-state index contributed by atoms with van der Waals surface area (Å²) in [5.41, 5.74) is 0.540. The van der Waals surface area contributed by atoms with Gasteiger partial charge < -0.3 is 15.1 Å². The second-order valence-electron chi connectivity index (χ2n) is 7.00. The Hall–Kier alpha value is -4.08. The molecule has 2 N–H and O–H groups in total. The van der Waals surface area contributed by atoms with E-state index in [-0.39, 0.29) is 34.6 Å². The van der Waals surface area contributed by atoms with E-state index in [0.29, 0.717) is 5.76 Å². The van der Waals surface area contributed by atoms with Crippen molar-refractivity contribution in [1.82, 2.24) is 4.90 Å². The van der Waals surface area contributed by atoms with Gasteiger partial charge in [0, 0.05) is 5.56 Å². The number of para-hydroxylation sites is 2. The molecule has 3 aromatic rings. The van der Waals surface area contributed by atoms with Crippen molar-refractivity contribution in [1.29, 1.82) is 0 Å². The zero-order chi connectivity index (χ0) is 22.9. The van der Waals surface area contributed by atoms with E-state index in [1.54, 1.807) is 18.2 Å². The van der Waals surface area contributed by atoms with Crippen LogP contribution in [0, 0.1) is 0 Å². The highest BCUT2D eigenvalue weighted by Crippen LogP contribution is 2.27. The average Bonchev–Trinajstić information content (AvgIpc) is 3.35. The molecule has 0 atom stereocenters. The number of nitrogens with zero attached hydrogens (tertiary/aromatic N) is 1. The number of anilines is 2. The molecule has 10 heteroatoms. The lowest BCUT2D eigenvalue weighted by molar-refractivity contribution is -0.115. The zero-order valence-electron chi connectivity index (χ0n) is 16.4. The van der Waals surface area contributed by atoms with Gasteiger partial charge in [0.15, 0.2) is 0 Å². The Morgan fingerprint density at radius 2 is 1.66 bits per heavy atom. The van der Waals surface area contributed by atoms with E-state index in [2.05, 4.69) is 10.6 Å². The molecule has 1 aliphatic heterocycles. The number of hydrogen-bond acceptors (Lipinski definition) is 5. The third-order valence-electron chi connectivity index (χ3n) is 4.78. The van der Waals surface area contributed by atoms with Crippen LogP contribution in [0.5, 0.6) is 0 Å². The van der Waals surface area contributed by atoms with Crippen LogP contribution in [0.1, 0.15) is 36.8 Å². The summed E-state index contributed by atoms with van der Waals surface area (Å²) < 4.78 is 42.8. The number of fused-ring (bicyclic) bond motifs is 1. The lowest BCUT2D eigenvalue weighted by atomic mass is 10.1. The first kappa shape index (κ1) is 21.2. The molecule has 0 spiro atoms. The van der Waals surface area contributed by atoms with Crippen LogP contribution in [-0.4, -0.2) is 35.3 Å². The second kappa shape index (κ2) is 8.22. The molecule has 0 bridgehead atoms. The number of halogens is 3. The van der Waals surface area contributed by atoms with Gasteiger partial charge in [-0.25, -0.2) is 0 Å². The Bertz CT molecular complexity index is 1190. The van der Waals surface area contributed by atoms with E-state index in [0.717, 1.165) is 4.90 Å². The molecule has 3 amide bonds.